The number of benzene rings is 1. The lowest BCUT2D eigenvalue weighted by atomic mass is 10.1. The summed E-state index contributed by atoms with van der Waals surface area (Å²) in [5.74, 6) is 1.67. The van der Waals surface area contributed by atoms with Gasteiger partial charge in [-0.05, 0) is 45.0 Å². The van der Waals surface area contributed by atoms with Gasteiger partial charge in [0.25, 0.3) is 0 Å². The highest BCUT2D eigenvalue weighted by Crippen LogP contribution is 2.40. The average Bonchev–Trinajstić information content (AvgIpc) is 2.67. The van der Waals surface area contributed by atoms with E-state index in [4.69, 9.17) is 14.2 Å². The summed E-state index contributed by atoms with van der Waals surface area (Å²) < 4.78 is 17.1. The number of fused-ring (bicyclic) bond motifs is 2. The van der Waals surface area contributed by atoms with E-state index in [2.05, 4.69) is 10.3 Å². The maximum Gasteiger partial charge on any atom is 0.407 e. The predicted octanol–water partition coefficient (Wildman–Crippen LogP) is 3.83. The maximum atomic E-state index is 11.9. The van der Waals surface area contributed by atoms with Crippen LogP contribution in [0.15, 0.2) is 42.6 Å². The number of pyridine rings is 1. The minimum Gasteiger partial charge on any atom is -0.480 e. The molecule has 0 spiro atoms. The number of aromatic nitrogens is 1. The summed E-state index contributed by atoms with van der Waals surface area (Å²) in [5.41, 5.74) is 0.216. The molecule has 0 saturated heterocycles. The van der Waals surface area contributed by atoms with Crippen molar-refractivity contribution in [3.05, 3.63) is 48.2 Å². The summed E-state index contributed by atoms with van der Waals surface area (Å²) in [6.45, 7) is 5.69. The number of nitrogens with zero attached hydrogens (tertiary/aromatic N) is 1. The van der Waals surface area contributed by atoms with Crippen molar-refractivity contribution in [1.82, 2.24) is 10.3 Å². The largest absolute Gasteiger partial charge is 0.480 e. The highest BCUT2D eigenvalue weighted by molar-refractivity contribution is 5.67. The molecule has 1 aliphatic heterocycles. The van der Waals surface area contributed by atoms with Gasteiger partial charge in [-0.3, -0.25) is 0 Å². The van der Waals surface area contributed by atoms with Crippen molar-refractivity contribution < 1.29 is 19.0 Å². The molecule has 6 heteroatoms. The molecule has 6 nitrogen and oxygen atoms in total. The average molecular weight is 328 g/mol. The number of nitrogens with one attached hydrogen (secondary N) is 1. The van der Waals surface area contributed by atoms with Crippen LogP contribution in [0.1, 0.15) is 32.4 Å². The van der Waals surface area contributed by atoms with Crippen LogP contribution in [0.3, 0.4) is 0 Å². The van der Waals surface area contributed by atoms with Crippen molar-refractivity contribution in [3.63, 3.8) is 0 Å². The summed E-state index contributed by atoms with van der Waals surface area (Å²) >= 11 is 0. The van der Waals surface area contributed by atoms with E-state index in [0.29, 0.717) is 17.4 Å². The van der Waals surface area contributed by atoms with Gasteiger partial charge in [0.2, 0.25) is 5.88 Å². The molecule has 0 aliphatic carbocycles. The van der Waals surface area contributed by atoms with E-state index in [0.717, 1.165) is 5.56 Å². The van der Waals surface area contributed by atoms with Crippen LogP contribution in [0.25, 0.3) is 0 Å². The molecule has 2 aromatic rings. The lowest BCUT2D eigenvalue weighted by Gasteiger charge is -2.22. The second kappa shape index (κ2) is 6.39. The van der Waals surface area contributed by atoms with Crippen LogP contribution in [-0.2, 0) is 4.74 Å². The molecule has 24 heavy (non-hydrogen) atoms. The van der Waals surface area contributed by atoms with Crippen LogP contribution >= 0.6 is 0 Å². The highest BCUT2D eigenvalue weighted by Gasteiger charge is 2.26. The number of ether oxygens (including phenoxy) is 3. The predicted molar refractivity (Wildman–Crippen MR) is 88.4 cm³/mol. The third-order valence-electron chi connectivity index (χ3n) is 3.30. The first-order valence-electron chi connectivity index (χ1n) is 7.78. The van der Waals surface area contributed by atoms with Gasteiger partial charge < -0.3 is 19.5 Å². The summed E-state index contributed by atoms with van der Waals surface area (Å²) in [7, 11) is 0. The van der Waals surface area contributed by atoms with Crippen molar-refractivity contribution in [3.8, 4) is 17.4 Å². The molecule has 126 valence electrons. The monoisotopic (exact) mass is 328 g/mol. The van der Waals surface area contributed by atoms with Gasteiger partial charge >= 0.3 is 6.09 Å². The topological polar surface area (TPSA) is 69.7 Å². The van der Waals surface area contributed by atoms with Gasteiger partial charge in [0.1, 0.15) is 11.7 Å². The number of carbonyl (C=O) groups excluding carboxylic acids is 1. The maximum absolute atomic E-state index is 11.9. The zero-order chi connectivity index (χ0) is 17.2. The number of hydrogen-bond donors (Lipinski definition) is 1. The molecule has 1 amide bonds. The number of hydrogen-bond acceptors (Lipinski definition) is 5. The van der Waals surface area contributed by atoms with Crippen molar-refractivity contribution in [2.45, 2.75) is 32.5 Å². The van der Waals surface area contributed by atoms with Gasteiger partial charge in [0, 0.05) is 6.20 Å². The normalized spacial score (nSPS) is 15.9. The molecule has 1 N–H and O–H groups in total. The summed E-state index contributed by atoms with van der Waals surface area (Å²) in [4.78, 5) is 16.2. The third kappa shape index (κ3) is 3.76. The van der Waals surface area contributed by atoms with Crippen molar-refractivity contribution in [2.24, 2.45) is 0 Å². The molecule has 0 unspecified atom stereocenters. The number of carbonyl (C=O) groups is 1. The van der Waals surface area contributed by atoms with E-state index in [-0.39, 0.29) is 6.54 Å². The summed E-state index contributed by atoms with van der Waals surface area (Å²) in [5, 5.41) is 2.74. The van der Waals surface area contributed by atoms with E-state index < -0.39 is 17.8 Å². The Morgan fingerprint density at radius 2 is 1.96 bits per heavy atom. The van der Waals surface area contributed by atoms with Gasteiger partial charge in [-0.25, -0.2) is 9.78 Å². The Balaban J connectivity index is 1.80. The first kappa shape index (κ1) is 16.1. The van der Waals surface area contributed by atoms with Crippen LogP contribution in [0.4, 0.5) is 4.79 Å². The van der Waals surface area contributed by atoms with Crippen LogP contribution in [-0.4, -0.2) is 23.2 Å². The molecule has 0 radical (unpaired) electrons. The van der Waals surface area contributed by atoms with Gasteiger partial charge in [0.05, 0.1) is 12.1 Å². The SMILES string of the molecule is CC(C)(C)OC(=O)NC[C@@H]1Oc2ccccc2Oc2ncccc21. The standard InChI is InChI=1S/C18H20N2O4/c1-18(2,3)24-17(21)20-11-15-12-7-6-10-19-16(12)23-14-9-5-4-8-13(14)22-15/h4-10,15H,11H2,1-3H3,(H,20,21)/t15-/m0/s1. The fourth-order valence-corrected chi connectivity index (χ4v) is 2.33. The number of amides is 1. The summed E-state index contributed by atoms with van der Waals surface area (Å²) in [6.07, 6.45) is 0.741. The molecular weight excluding hydrogens is 308 g/mol. The van der Waals surface area contributed by atoms with Crippen LogP contribution in [0, 0.1) is 0 Å². The van der Waals surface area contributed by atoms with Crippen LogP contribution in [0.2, 0.25) is 0 Å². The lowest BCUT2D eigenvalue weighted by molar-refractivity contribution is 0.0501. The zero-order valence-electron chi connectivity index (χ0n) is 13.9. The Kier molecular flexibility index (Phi) is 4.29. The Morgan fingerprint density at radius 1 is 1.21 bits per heavy atom. The van der Waals surface area contributed by atoms with Gasteiger partial charge in [-0.2, -0.15) is 0 Å². The van der Waals surface area contributed by atoms with E-state index in [1.807, 2.05) is 57.2 Å². The molecule has 1 atom stereocenters. The number of alkyl carbamates (subject to hydrolysis) is 1. The molecule has 0 saturated carbocycles. The Labute approximate surface area is 140 Å². The van der Waals surface area contributed by atoms with Crippen molar-refractivity contribution >= 4 is 6.09 Å². The molecule has 0 bridgehead atoms. The minimum absolute atomic E-state index is 0.241. The second-order valence-electron chi connectivity index (χ2n) is 6.44. The second-order valence-corrected chi connectivity index (χ2v) is 6.44. The van der Waals surface area contributed by atoms with Crippen molar-refractivity contribution in [2.75, 3.05) is 6.54 Å². The zero-order valence-corrected chi connectivity index (χ0v) is 13.9. The molecule has 1 aromatic heterocycles. The Morgan fingerprint density at radius 3 is 2.71 bits per heavy atom. The van der Waals surface area contributed by atoms with E-state index in [1.54, 1.807) is 6.20 Å². The fourth-order valence-electron chi connectivity index (χ4n) is 2.33. The first-order chi connectivity index (χ1) is 11.4. The Hall–Kier alpha value is -2.76. The van der Waals surface area contributed by atoms with Crippen LogP contribution < -0.4 is 14.8 Å². The quantitative estimate of drug-likeness (QED) is 0.907. The molecule has 2 heterocycles. The highest BCUT2D eigenvalue weighted by atomic mass is 16.6. The number of rotatable bonds is 2. The lowest BCUT2D eigenvalue weighted by Crippen LogP contribution is -2.35. The molecule has 0 fully saturated rings. The van der Waals surface area contributed by atoms with E-state index in [9.17, 15) is 4.79 Å². The third-order valence-corrected chi connectivity index (χ3v) is 3.30. The Bertz CT molecular complexity index is 740. The van der Waals surface area contributed by atoms with Crippen molar-refractivity contribution in [1.29, 1.82) is 0 Å². The molecule has 1 aliphatic rings. The van der Waals surface area contributed by atoms with Gasteiger partial charge in [-0.15, -0.1) is 0 Å². The van der Waals surface area contributed by atoms with E-state index in [1.165, 1.54) is 0 Å². The van der Waals surface area contributed by atoms with Crippen LogP contribution in [0.5, 0.6) is 17.4 Å². The summed E-state index contributed by atoms with van der Waals surface area (Å²) in [6, 6.07) is 11.0. The molecule has 1 aromatic carbocycles. The van der Waals surface area contributed by atoms with Gasteiger partial charge in [-0.1, -0.05) is 12.1 Å². The molecular formula is C18H20N2O4. The smallest absolute Gasteiger partial charge is 0.407 e. The van der Waals surface area contributed by atoms with E-state index >= 15 is 0 Å². The van der Waals surface area contributed by atoms with Gasteiger partial charge in [0.15, 0.2) is 11.5 Å². The molecule has 3 rings (SSSR count). The fraction of sp³-hybridized carbons (Fsp3) is 0.333. The minimum atomic E-state index is -0.552. The number of para-hydroxylation sites is 2. The first-order valence-corrected chi connectivity index (χ1v) is 7.78.